The molecule has 5 nitrogen and oxygen atoms in total. The van der Waals surface area contributed by atoms with Crippen LogP contribution in [0.5, 0.6) is 0 Å². The zero-order chi connectivity index (χ0) is 19.9. The second kappa shape index (κ2) is 9.87. The average Bonchev–Trinajstić information content (AvgIpc) is 2.62. The van der Waals surface area contributed by atoms with Gasteiger partial charge in [-0.2, -0.15) is 13.2 Å². The van der Waals surface area contributed by atoms with Crippen LogP contribution in [0.2, 0.25) is 0 Å². The lowest BCUT2D eigenvalue weighted by Gasteiger charge is -2.31. The smallest absolute Gasteiger partial charge is 0.416 e. The molecular formula is C18H23F3N2O3S. The summed E-state index contributed by atoms with van der Waals surface area (Å²) in [5.41, 5.74) is -0.0716. The fourth-order valence-corrected chi connectivity index (χ4v) is 3.45. The highest BCUT2D eigenvalue weighted by Crippen LogP contribution is 2.36. The van der Waals surface area contributed by atoms with Crippen LogP contribution in [0.4, 0.5) is 24.5 Å². The van der Waals surface area contributed by atoms with Gasteiger partial charge in [0.1, 0.15) is 0 Å². The van der Waals surface area contributed by atoms with E-state index in [4.69, 9.17) is 4.74 Å². The summed E-state index contributed by atoms with van der Waals surface area (Å²) < 4.78 is 44.0. The summed E-state index contributed by atoms with van der Waals surface area (Å²) in [6.45, 7) is 3.43. The molecule has 0 spiro atoms. The first-order valence-corrected chi connectivity index (χ1v) is 9.96. The first-order chi connectivity index (χ1) is 12.8. The number of hydrogen-bond donors (Lipinski definition) is 1. The van der Waals surface area contributed by atoms with Crippen LogP contribution in [0.3, 0.4) is 0 Å². The van der Waals surface area contributed by atoms with Gasteiger partial charge in [0.2, 0.25) is 5.91 Å². The van der Waals surface area contributed by atoms with E-state index in [2.05, 4.69) is 5.32 Å². The number of amides is 1. The molecule has 1 aliphatic heterocycles. The Hall–Kier alpha value is -1.90. The molecule has 1 aromatic rings. The quantitative estimate of drug-likeness (QED) is 0.698. The predicted octanol–water partition coefficient (Wildman–Crippen LogP) is 3.93. The van der Waals surface area contributed by atoms with Crippen LogP contribution in [0.15, 0.2) is 18.2 Å². The summed E-state index contributed by atoms with van der Waals surface area (Å²) in [5, 5.41) is 2.57. The van der Waals surface area contributed by atoms with Crippen molar-refractivity contribution in [2.45, 2.75) is 32.4 Å². The van der Waals surface area contributed by atoms with Crippen molar-refractivity contribution >= 4 is 35.0 Å². The lowest BCUT2D eigenvalue weighted by molar-refractivity contribution is -0.140. The number of carbonyl (C=O) groups is 2. The van der Waals surface area contributed by atoms with E-state index in [1.807, 2.05) is 4.90 Å². The van der Waals surface area contributed by atoms with Gasteiger partial charge in [0.25, 0.3) is 0 Å². The van der Waals surface area contributed by atoms with E-state index < -0.39 is 23.6 Å². The van der Waals surface area contributed by atoms with Gasteiger partial charge in [-0.3, -0.25) is 9.59 Å². The minimum Gasteiger partial charge on any atom is -0.465 e. The minimum atomic E-state index is -4.49. The lowest BCUT2D eigenvalue weighted by atomic mass is 10.1. The number of alkyl halides is 3. The number of ether oxygens (including phenoxy) is 1. The number of esters is 1. The van der Waals surface area contributed by atoms with Crippen LogP contribution < -0.4 is 10.2 Å². The van der Waals surface area contributed by atoms with E-state index in [1.165, 1.54) is 6.07 Å². The van der Waals surface area contributed by atoms with Gasteiger partial charge in [-0.05, 0) is 44.4 Å². The van der Waals surface area contributed by atoms with Crippen LogP contribution in [0.25, 0.3) is 0 Å². The maximum Gasteiger partial charge on any atom is 0.416 e. The molecule has 0 atom stereocenters. The van der Waals surface area contributed by atoms with Crippen molar-refractivity contribution in [2.75, 3.05) is 41.4 Å². The summed E-state index contributed by atoms with van der Waals surface area (Å²) in [4.78, 5) is 25.4. The van der Waals surface area contributed by atoms with E-state index in [1.54, 1.807) is 6.92 Å². The molecule has 1 N–H and O–H groups in total. The molecule has 1 amide bonds. The van der Waals surface area contributed by atoms with Gasteiger partial charge in [0, 0.05) is 13.1 Å². The van der Waals surface area contributed by atoms with E-state index in [0.29, 0.717) is 5.69 Å². The molecule has 1 aliphatic rings. The normalized spacial score (nSPS) is 14.7. The Morgan fingerprint density at radius 3 is 2.52 bits per heavy atom. The molecule has 27 heavy (non-hydrogen) atoms. The molecule has 0 saturated carbocycles. The number of rotatable bonds is 7. The van der Waals surface area contributed by atoms with Gasteiger partial charge in [0.15, 0.2) is 0 Å². The highest BCUT2D eigenvalue weighted by molar-refractivity contribution is 8.00. The zero-order valence-electron chi connectivity index (χ0n) is 15.1. The van der Waals surface area contributed by atoms with Crippen LogP contribution in [-0.4, -0.2) is 43.1 Å². The van der Waals surface area contributed by atoms with Gasteiger partial charge in [-0.1, -0.05) is 0 Å². The molecule has 1 fully saturated rings. The molecule has 150 valence electrons. The molecule has 1 heterocycles. The first-order valence-electron chi connectivity index (χ1n) is 8.80. The Morgan fingerprint density at radius 1 is 1.19 bits per heavy atom. The van der Waals surface area contributed by atoms with Gasteiger partial charge < -0.3 is 15.0 Å². The number of thioether (sulfide) groups is 1. The van der Waals surface area contributed by atoms with Crippen LogP contribution in [-0.2, 0) is 20.5 Å². The molecule has 0 unspecified atom stereocenters. The maximum atomic E-state index is 13.1. The number of benzene rings is 1. The van der Waals surface area contributed by atoms with Crippen molar-refractivity contribution in [3.05, 3.63) is 23.8 Å². The Labute approximate surface area is 160 Å². The van der Waals surface area contributed by atoms with E-state index in [9.17, 15) is 22.8 Å². The highest BCUT2D eigenvalue weighted by Gasteiger charge is 2.31. The molecule has 9 heteroatoms. The molecule has 0 aromatic heterocycles. The van der Waals surface area contributed by atoms with Crippen molar-refractivity contribution < 1.29 is 27.5 Å². The first kappa shape index (κ1) is 21.4. The molecule has 0 radical (unpaired) electrons. The van der Waals surface area contributed by atoms with Crippen LogP contribution >= 0.6 is 11.8 Å². The standard InChI is InChI=1S/C18H23F3N2O3S/c1-2-26-17(25)12-27-11-16(24)22-14-10-13(18(19,20)21)6-7-15(14)23-8-4-3-5-9-23/h6-7,10H,2-5,8-9,11-12H2,1H3,(H,22,24). The van der Waals surface area contributed by atoms with Gasteiger partial charge in [-0.25, -0.2) is 0 Å². The molecular weight excluding hydrogens is 381 g/mol. The number of carbonyl (C=O) groups excluding carboxylic acids is 2. The average molecular weight is 404 g/mol. The van der Waals surface area contributed by atoms with E-state index >= 15 is 0 Å². The topological polar surface area (TPSA) is 58.6 Å². The molecule has 2 rings (SSSR count). The fraction of sp³-hybridized carbons (Fsp3) is 0.556. The monoisotopic (exact) mass is 404 g/mol. The van der Waals surface area contributed by atoms with Crippen molar-refractivity contribution in [3.63, 3.8) is 0 Å². The van der Waals surface area contributed by atoms with Gasteiger partial charge in [-0.15, -0.1) is 11.8 Å². The largest absolute Gasteiger partial charge is 0.465 e. The third-order valence-electron chi connectivity index (χ3n) is 4.05. The zero-order valence-corrected chi connectivity index (χ0v) is 15.9. The van der Waals surface area contributed by atoms with E-state index in [-0.39, 0.29) is 23.8 Å². The third kappa shape index (κ3) is 6.64. The van der Waals surface area contributed by atoms with E-state index in [0.717, 1.165) is 56.2 Å². The third-order valence-corrected chi connectivity index (χ3v) is 4.96. The molecule has 1 saturated heterocycles. The Balaban J connectivity index is 2.09. The summed E-state index contributed by atoms with van der Waals surface area (Å²) in [6, 6.07) is 3.42. The Bertz CT molecular complexity index is 662. The molecule has 1 aromatic carbocycles. The molecule has 0 bridgehead atoms. The number of nitrogens with one attached hydrogen (secondary N) is 1. The lowest BCUT2D eigenvalue weighted by Crippen LogP contribution is -2.30. The second-order valence-electron chi connectivity index (χ2n) is 6.12. The van der Waals surface area contributed by atoms with Crippen molar-refractivity contribution in [1.29, 1.82) is 0 Å². The predicted molar refractivity (Wildman–Crippen MR) is 100 cm³/mol. The van der Waals surface area contributed by atoms with Gasteiger partial charge in [0.05, 0.1) is 35.1 Å². The number of hydrogen-bond acceptors (Lipinski definition) is 5. The van der Waals surface area contributed by atoms with Crippen molar-refractivity contribution in [1.82, 2.24) is 0 Å². The number of anilines is 2. The summed E-state index contributed by atoms with van der Waals surface area (Å²) in [7, 11) is 0. The number of piperidine rings is 1. The summed E-state index contributed by atoms with van der Waals surface area (Å²) >= 11 is 1.06. The summed E-state index contributed by atoms with van der Waals surface area (Å²) in [6.07, 6.45) is -1.48. The Kier molecular flexibility index (Phi) is 7.82. The van der Waals surface area contributed by atoms with Gasteiger partial charge >= 0.3 is 12.1 Å². The Morgan fingerprint density at radius 2 is 1.89 bits per heavy atom. The van der Waals surface area contributed by atoms with Crippen LogP contribution in [0.1, 0.15) is 31.7 Å². The fourth-order valence-electron chi connectivity index (χ4n) is 2.84. The highest BCUT2D eigenvalue weighted by atomic mass is 32.2. The van der Waals surface area contributed by atoms with Crippen molar-refractivity contribution in [2.24, 2.45) is 0 Å². The van der Waals surface area contributed by atoms with Crippen molar-refractivity contribution in [3.8, 4) is 0 Å². The minimum absolute atomic E-state index is 0.0167. The number of nitrogens with zero attached hydrogens (tertiary/aromatic N) is 1. The second-order valence-corrected chi connectivity index (χ2v) is 7.11. The number of halogens is 3. The van der Waals surface area contributed by atoms with Crippen LogP contribution in [0, 0.1) is 0 Å². The SMILES string of the molecule is CCOC(=O)CSCC(=O)Nc1cc(C(F)(F)F)ccc1N1CCCCC1. The summed E-state index contributed by atoms with van der Waals surface area (Å²) in [5.74, 6) is -0.914. The maximum absolute atomic E-state index is 13.1. The molecule has 0 aliphatic carbocycles.